The first kappa shape index (κ1) is 10.5. The predicted molar refractivity (Wildman–Crippen MR) is 71.0 cm³/mol. The van der Waals surface area contributed by atoms with Crippen molar-refractivity contribution in [3.8, 4) is 0 Å². The molecule has 17 heavy (non-hydrogen) atoms. The fourth-order valence-electron chi connectivity index (χ4n) is 1.93. The van der Waals surface area contributed by atoms with E-state index in [-0.39, 0.29) is 0 Å². The van der Waals surface area contributed by atoms with Crippen molar-refractivity contribution in [3.05, 3.63) is 52.6 Å². The summed E-state index contributed by atoms with van der Waals surface area (Å²) in [6.07, 6.45) is 2.07. The molecule has 86 valence electrons. The van der Waals surface area contributed by atoms with Crippen molar-refractivity contribution in [2.24, 2.45) is 0 Å². The maximum absolute atomic E-state index is 4.25. The second-order valence-corrected chi connectivity index (χ2v) is 4.66. The maximum atomic E-state index is 4.25. The number of benzene rings is 1. The number of hydrogen-bond acceptors (Lipinski definition) is 3. The zero-order chi connectivity index (χ0) is 11.5. The molecule has 2 N–H and O–H groups in total. The van der Waals surface area contributed by atoms with Gasteiger partial charge in [-0.2, -0.15) is 0 Å². The molecule has 0 aliphatic rings. The monoisotopic (exact) mass is 243 g/mol. The molecule has 2 aromatic heterocycles. The molecule has 0 saturated carbocycles. The lowest BCUT2D eigenvalue weighted by Gasteiger charge is -2.01. The van der Waals surface area contributed by atoms with Gasteiger partial charge in [0.25, 0.3) is 0 Å². The minimum Gasteiger partial charge on any atom is -0.361 e. The predicted octanol–water partition coefficient (Wildman–Crippen LogP) is 2.91. The van der Waals surface area contributed by atoms with Gasteiger partial charge in [-0.1, -0.05) is 18.2 Å². The summed E-state index contributed by atoms with van der Waals surface area (Å²) in [6, 6.07) is 8.36. The van der Waals surface area contributed by atoms with Gasteiger partial charge in [-0.25, -0.2) is 4.98 Å². The molecule has 0 bridgehead atoms. The fraction of sp³-hybridized carbons (Fsp3) is 0.154. The van der Waals surface area contributed by atoms with Crippen molar-refractivity contribution in [2.75, 3.05) is 0 Å². The highest BCUT2D eigenvalue weighted by Gasteiger charge is 2.02. The topological polar surface area (TPSA) is 40.7 Å². The third kappa shape index (κ3) is 2.23. The SMILES string of the molecule is c1ccc2c(CNCc3cscn3)c[nH]c2c1. The zero-order valence-corrected chi connectivity index (χ0v) is 10.1. The Hall–Kier alpha value is -1.65. The third-order valence-electron chi connectivity index (χ3n) is 2.78. The number of thiazole rings is 1. The van der Waals surface area contributed by atoms with Crippen LogP contribution in [0.5, 0.6) is 0 Å². The van der Waals surface area contributed by atoms with Crippen LogP contribution in [0.25, 0.3) is 10.9 Å². The summed E-state index contributed by atoms with van der Waals surface area (Å²) < 4.78 is 0. The molecular weight excluding hydrogens is 230 g/mol. The number of rotatable bonds is 4. The Morgan fingerprint density at radius 2 is 2.18 bits per heavy atom. The normalized spacial score (nSPS) is 11.1. The number of hydrogen-bond donors (Lipinski definition) is 2. The zero-order valence-electron chi connectivity index (χ0n) is 9.31. The van der Waals surface area contributed by atoms with E-state index in [0.29, 0.717) is 0 Å². The first-order chi connectivity index (χ1) is 8.43. The van der Waals surface area contributed by atoms with E-state index in [1.165, 1.54) is 16.5 Å². The van der Waals surface area contributed by atoms with Crippen molar-refractivity contribution in [1.82, 2.24) is 15.3 Å². The Kier molecular flexibility index (Phi) is 2.90. The van der Waals surface area contributed by atoms with Crippen molar-refractivity contribution in [2.45, 2.75) is 13.1 Å². The summed E-state index contributed by atoms with van der Waals surface area (Å²) in [7, 11) is 0. The van der Waals surface area contributed by atoms with Crippen LogP contribution in [0.3, 0.4) is 0 Å². The lowest BCUT2D eigenvalue weighted by atomic mass is 10.2. The van der Waals surface area contributed by atoms with Gasteiger partial charge in [0.1, 0.15) is 0 Å². The van der Waals surface area contributed by atoms with E-state index in [1.54, 1.807) is 11.3 Å². The van der Waals surface area contributed by atoms with E-state index in [0.717, 1.165) is 18.8 Å². The van der Waals surface area contributed by atoms with Crippen molar-refractivity contribution in [1.29, 1.82) is 0 Å². The first-order valence-electron chi connectivity index (χ1n) is 5.56. The summed E-state index contributed by atoms with van der Waals surface area (Å²) >= 11 is 1.63. The van der Waals surface area contributed by atoms with Crippen LogP contribution in [0.15, 0.2) is 41.4 Å². The molecule has 3 rings (SSSR count). The molecule has 1 aromatic carbocycles. The van der Waals surface area contributed by atoms with E-state index < -0.39 is 0 Å². The van der Waals surface area contributed by atoms with Gasteiger partial charge in [-0.3, -0.25) is 0 Å². The van der Waals surface area contributed by atoms with Gasteiger partial charge in [-0.15, -0.1) is 11.3 Å². The average Bonchev–Trinajstić information content (AvgIpc) is 2.99. The van der Waals surface area contributed by atoms with Gasteiger partial charge in [0.15, 0.2) is 0 Å². The van der Waals surface area contributed by atoms with E-state index in [2.05, 4.69) is 45.1 Å². The molecule has 0 aliphatic heterocycles. The summed E-state index contributed by atoms with van der Waals surface area (Å²) in [5.74, 6) is 0. The maximum Gasteiger partial charge on any atom is 0.0795 e. The van der Waals surface area contributed by atoms with Crippen LogP contribution in [-0.2, 0) is 13.1 Å². The Labute approximate surface area is 104 Å². The molecule has 0 fully saturated rings. The van der Waals surface area contributed by atoms with E-state index in [9.17, 15) is 0 Å². The fourth-order valence-corrected chi connectivity index (χ4v) is 2.49. The van der Waals surface area contributed by atoms with Crippen LogP contribution < -0.4 is 5.32 Å². The standard InChI is InChI=1S/C13H13N3S/c1-2-4-13-12(3-1)10(6-15-13)5-14-7-11-8-17-9-16-11/h1-4,6,8-9,14-15H,5,7H2. The Balaban J connectivity index is 1.69. The molecular formula is C13H13N3S. The van der Waals surface area contributed by atoms with Crippen LogP contribution in [0.1, 0.15) is 11.3 Å². The molecule has 4 heteroatoms. The number of nitrogens with zero attached hydrogens (tertiary/aromatic N) is 1. The van der Waals surface area contributed by atoms with Crippen LogP contribution in [-0.4, -0.2) is 9.97 Å². The number of nitrogens with one attached hydrogen (secondary N) is 2. The lowest BCUT2D eigenvalue weighted by Crippen LogP contribution is -2.12. The molecule has 3 nitrogen and oxygen atoms in total. The Bertz CT molecular complexity index is 598. The molecule has 0 spiro atoms. The van der Waals surface area contributed by atoms with E-state index in [4.69, 9.17) is 0 Å². The number of aromatic amines is 1. The molecule has 0 radical (unpaired) electrons. The minimum absolute atomic E-state index is 0.822. The van der Waals surface area contributed by atoms with Gasteiger partial charge in [-0.05, 0) is 11.6 Å². The summed E-state index contributed by atoms with van der Waals surface area (Å²) in [5, 5.41) is 6.77. The highest BCUT2D eigenvalue weighted by atomic mass is 32.1. The second kappa shape index (κ2) is 4.69. The highest BCUT2D eigenvalue weighted by Crippen LogP contribution is 2.17. The van der Waals surface area contributed by atoms with Gasteiger partial charge in [0, 0.05) is 35.6 Å². The van der Waals surface area contributed by atoms with Crippen molar-refractivity contribution < 1.29 is 0 Å². The molecule has 0 atom stereocenters. The quantitative estimate of drug-likeness (QED) is 0.739. The number of H-pyrrole nitrogens is 1. The third-order valence-corrected chi connectivity index (χ3v) is 3.42. The van der Waals surface area contributed by atoms with Crippen molar-refractivity contribution in [3.63, 3.8) is 0 Å². The smallest absolute Gasteiger partial charge is 0.0795 e. The molecule has 0 aliphatic carbocycles. The van der Waals surface area contributed by atoms with E-state index in [1.807, 2.05) is 11.6 Å². The molecule has 0 unspecified atom stereocenters. The van der Waals surface area contributed by atoms with Gasteiger partial charge < -0.3 is 10.3 Å². The second-order valence-electron chi connectivity index (χ2n) is 3.94. The summed E-state index contributed by atoms with van der Waals surface area (Å²) in [5.41, 5.74) is 5.46. The minimum atomic E-state index is 0.822. The highest BCUT2D eigenvalue weighted by molar-refractivity contribution is 7.07. The van der Waals surface area contributed by atoms with Crippen LogP contribution in [0.2, 0.25) is 0 Å². The first-order valence-corrected chi connectivity index (χ1v) is 6.50. The largest absolute Gasteiger partial charge is 0.361 e. The van der Waals surface area contributed by atoms with Crippen LogP contribution in [0, 0.1) is 0 Å². The molecule has 0 amide bonds. The van der Waals surface area contributed by atoms with Gasteiger partial charge in [0.2, 0.25) is 0 Å². The number of aromatic nitrogens is 2. The van der Waals surface area contributed by atoms with Gasteiger partial charge >= 0.3 is 0 Å². The molecule has 2 heterocycles. The number of fused-ring (bicyclic) bond motifs is 1. The van der Waals surface area contributed by atoms with Gasteiger partial charge in [0.05, 0.1) is 11.2 Å². The Morgan fingerprint density at radius 3 is 3.06 bits per heavy atom. The van der Waals surface area contributed by atoms with Crippen LogP contribution >= 0.6 is 11.3 Å². The van der Waals surface area contributed by atoms with E-state index >= 15 is 0 Å². The average molecular weight is 243 g/mol. The van der Waals surface area contributed by atoms with Crippen molar-refractivity contribution >= 4 is 22.2 Å². The summed E-state index contributed by atoms with van der Waals surface area (Å²) in [4.78, 5) is 7.52. The van der Waals surface area contributed by atoms with Crippen LogP contribution in [0.4, 0.5) is 0 Å². The number of para-hydroxylation sites is 1. The lowest BCUT2D eigenvalue weighted by molar-refractivity contribution is 0.685. The molecule has 0 saturated heterocycles. The Morgan fingerprint density at radius 1 is 1.24 bits per heavy atom. The summed E-state index contributed by atoms with van der Waals surface area (Å²) in [6.45, 7) is 1.69. The molecule has 3 aromatic rings.